The Bertz CT molecular complexity index is 16.4. The van der Waals surface area contributed by atoms with E-state index in [0.29, 0.717) is 0 Å². The van der Waals surface area contributed by atoms with Crippen LogP contribution in [0.15, 0.2) is 0 Å². The van der Waals surface area contributed by atoms with E-state index in [-0.39, 0.29) is 85.5 Å². The Hall–Kier alpha value is 2.17. The summed E-state index contributed by atoms with van der Waals surface area (Å²) in [7, 11) is 0. The van der Waals surface area contributed by atoms with Gasteiger partial charge in [-0.15, -0.1) is 0 Å². The average Bonchev–Trinajstić information content (AvgIpc) is 1.00. The van der Waals surface area contributed by atoms with E-state index in [2.05, 4.69) is 6.57 Å². The summed E-state index contributed by atoms with van der Waals surface area (Å²) < 4.78 is 0. The molecule has 0 rings (SSSR count). The monoisotopic (exact) mass is 178 g/mol. The molecule has 0 aliphatic rings. The minimum atomic E-state index is 0. The number of nitriles is 1. The molecule has 0 saturated carbocycles. The number of hydrogen-bond donors (Lipinski definition) is 0. The first kappa shape index (κ1) is 27.2. The molecule has 1 nitrogen and oxygen atoms in total. The maximum Gasteiger partial charge on any atom is 0 e. The van der Waals surface area contributed by atoms with Crippen molar-refractivity contribution in [1.29, 1.82) is 5.26 Å². The van der Waals surface area contributed by atoms with E-state index in [1.165, 1.54) is 0 Å². The molecule has 0 aliphatic heterocycles. The summed E-state index contributed by atoms with van der Waals surface area (Å²) in [5.41, 5.74) is 0. The fourth-order valence-electron chi connectivity index (χ4n) is 0. The Balaban J connectivity index is -0.00000000167. The van der Waals surface area contributed by atoms with Crippen LogP contribution in [0.2, 0.25) is 0 Å². The summed E-state index contributed by atoms with van der Waals surface area (Å²) in [5, 5.41) is 6.50. The van der Waals surface area contributed by atoms with Crippen LogP contribution in [0.3, 0.4) is 0 Å². The van der Waals surface area contributed by atoms with Crippen molar-refractivity contribution in [3.63, 3.8) is 0 Å². The Morgan fingerprint density at radius 2 is 1.20 bits per heavy atom. The van der Waals surface area contributed by atoms with Gasteiger partial charge in [0.05, 0.1) is 0 Å². The molecule has 0 aliphatic carbocycles. The van der Waals surface area contributed by atoms with Gasteiger partial charge in [-0.2, -0.15) is 0 Å². The van der Waals surface area contributed by atoms with Gasteiger partial charge in [-0.3, -0.25) is 0 Å². The molecule has 27 valence electrons. The number of nitrogens with zero attached hydrogens (tertiary/aromatic N) is 1. The Morgan fingerprint density at radius 1 is 1.20 bits per heavy atom. The molecule has 0 aromatic heterocycles. The molecule has 0 aromatic rings. The van der Waals surface area contributed by atoms with Gasteiger partial charge in [-0.05, 0) is 0 Å². The number of hydrogen-bond acceptors (Lipinski definition) is 1. The van der Waals surface area contributed by atoms with Crippen molar-refractivity contribution in [3.8, 4) is 6.57 Å². The van der Waals surface area contributed by atoms with Crippen LogP contribution in [-0.4, -0.2) is 51.4 Å². The third-order valence-corrected chi connectivity index (χ3v) is 0. The minimum Gasteiger partial charge on any atom is 0 e. The van der Waals surface area contributed by atoms with Crippen LogP contribution >= 0.6 is 0 Å². The van der Waals surface area contributed by atoms with Gasteiger partial charge >= 0.3 is 51.4 Å². The summed E-state index contributed by atoms with van der Waals surface area (Å²) in [4.78, 5) is 0. The Morgan fingerprint density at radius 3 is 1.20 bits per heavy atom. The first-order valence-corrected chi connectivity index (χ1v) is 0.258. The van der Waals surface area contributed by atoms with Gasteiger partial charge in [0.25, 0.3) is 0 Å². The molecule has 1 radical (unpaired) electrons. The zero-order valence-corrected chi connectivity index (χ0v) is 4.04. The van der Waals surface area contributed by atoms with Crippen molar-refractivity contribution in [3.05, 3.63) is 0 Å². The molecule has 0 unspecified atom stereocenters. The smallest absolute Gasteiger partial charge is 0 e. The number of rotatable bonds is 0. The molecular weight excluding hydrogens is 176 g/mol. The molecule has 0 saturated heterocycles. The van der Waals surface area contributed by atoms with Crippen LogP contribution in [0.1, 0.15) is 0 Å². The van der Waals surface area contributed by atoms with Crippen LogP contribution in [-0.2, 0) is 34.1 Å². The summed E-state index contributed by atoms with van der Waals surface area (Å²) >= 11 is 0. The summed E-state index contributed by atoms with van der Waals surface area (Å²) in [6.45, 7) is 3.50. The second-order valence-electron chi connectivity index (χ2n) is 0. The van der Waals surface area contributed by atoms with Crippen molar-refractivity contribution in [1.82, 2.24) is 0 Å². The van der Waals surface area contributed by atoms with Crippen LogP contribution in [0.5, 0.6) is 0 Å². The molecular formula is CH2FeKMnN. The van der Waals surface area contributed by atoms with Gasteiger partial charge in [-0.1, -0.05) is 0 Å². The zero-order chi connectivity index (χ0) is 2.00. The van der Waals surface area contributed by atoms with E-state index in [1.54, 1.807) is 0 Å². The van der Waals surface area contributed by atoms with Crippen molar-refractivity contribution >= 4 is 51.4 Å². The second kappa shape index (κ2) is 35.1. The van der Waals surface area contributed by atoms with E-state index in [0.717, 1.165) is 0 Å². The van der Waals surface area contributed by atoms with Gasteiger partial charge in [0.15, 0.2) is 0 Å². The van der Waals surface area contributed by atoms with Crippen molar-refractivity contribution in [2.45, 2.75) is 0 Å². The molecule has 0 fully saturated rings. The zero-order valence-electron chi connectivity index (χ0n) is 1.76. The molecule has 5 heavy (non-hydrogen) atoms. The van der Waals surface area contributed by atoms with Crippen LogP contribution in [0.25, 0.3) is 0 Å². The van der Waals surface area contributed by atoms with E-state index in [1.807, 2.05) is 0 Å². The molecule has 0 bridgehead atoms. The Labute approximate surface area is 95.2 Å². The molecule has 0 spiro atoms. The van der Waals surface area contributed by atoms with Crippen LogP contribution < -0.4 is 0 Å². The quantitative estimate of drug-likeness (QED) is 0.458. The van der Waals surface area contributed by atoms with Gasteiger partial charge in [0.2, 0.25) is 0 Å². The molecule has 0 atom stereocenters. The molecule has 4 heteroatoms. The van der Waals surface area contributed by atoms with Gasteiger partial charge in [-0.25, -0.2) is 5.26 Å². The van der Waals surface area contributed by atoms with Crippen molar-refractivity contribution in [2.24, 2.45) is 0 Å². The fraction of sp³-hybridized carbons (Fsp3) is 0. The fourth-order valence-corrected chi connectivity index (χ4v) is 0. The van der Waals surface area contributed by atoms with Gasteiger partial charge < -0.3 is 0 Å². The SMILES string of the molecule is C#N.[Fe].[KH].[Mn]. The minimum absolute atomic E-state index is 0. The molecule has 0 heterocycles. The van der Waals surface area contributed by atoms with Gasteiger partial charge in [0, 0.05) is 40.7 Å². The summed E-state index contributed by atoms with van der Waals surface area (Å²) in [5.74, 6) is 0. The summed E-state index contributed by atoms with van der Waals surface area (Å²) in [6, 6.07) is 0. The van der Waals surface area contributed by atoms with E-state index in [9.17, 15) is 0 Å². The average molecular weight is 178 g/mol. The first-order chi connectivity index (χ1) is 1.00. The maximum atomic E-state index is 6.50. The third kappa shape index (κ3) is 22.8. The first-order valence-electron chi connectivity index (χ1n) is 0.258. The molecule has 0 amide bonds. The van der Waals surface area contributed by atoms with Crippen molar-refractivity contribution in [2.75, 3.05) is 0 Å². The van der Waals surface area contributed by atoms with Crippen LogP contribution in [0, 0.1) is 11.8 Å². The molecule has 0 N–H and O–H groups in total. The topological polar surface area (TPSA) is 23.8 Å². The standard InChI is InChI=1S/CHN.Fe.K.Mn.H/c1-2;;;;/h1H;;;;. The predicted molar refractivity (Wildman–Crippen MR) is 13.8 cm³/mol. The second-order valence-corrected chi connectivity index (χ2v) is 0. The normalized spacial score (nSPS) is 0.400. The van der Waals surface area contributed by atoms with Crippen LogP contribution in [0.4, 0.5) is 0 Å². The predicted octanol–water partition coefficient (Wildman–Crippen LogP) is -0.514. The summed E-state index contributed by atoms with van der Waals surface area (Å²) in [6.07, 6.45) is 0. The molecule has 0 aromatic carbocycles. The van der Waals surface area contributed by atoms with E-state index in [4.69, 9.17) is 5.26 Å². The van der Waals surface area contributed by atoms with E-state index < -0.39 is 0 Å². The van der Waals surface area contributed by atoms with Gasteiger partial charge in [0.1, 0.15) is 0 Å². The van der Waals surface area contributed by atoms with Crippen molar-refractivity contribution < 1.29 is 34.1 Å². The maximum absolute atomic E-state index is 6.50. The largest absolute Gasteiger partial charge is 0 e. The van der Waals surface area contributed by atoms with E-state index >= 15 is 0 Å². The third-order valence-electron chi connectivity index (χ3n) is 0. The Kier molecular flexibility index (Phi) is 191.